The number of amides is 3. The molecule has 1 aliphatic rings. The Morgan fingerprint density at radius 3 is 1.85 bits per heavy atom. The maximum atomic E-state index is 12.2. The third kappa shape index (κ3) is 15.1. The molecule has 0 radical (unpaired) electrons. The van der Waals surface area contributed by atoms with Gasteiger partial charge in [-0.05, 0) is 12.8 Å². The lowest BCUT2D eigenvalue weighted by molar-refractivity contribution is -0.140. The van der Waals surface area contributed by atoms with E-state index < -0.39 is 0 Å². The van der Waals surface area contributed by atoms with Crippen molar-refractivity contribution in [1.29, 1.82) is 0 Å². The highest BCUT2D eigenvalue weighted by Gasteiger charge is 2.39. The Labute approximate surface area is 204 Å². The topological polar surface area (TPSA) is 120 Å². The molecule has 1 aliphatic heterocycles. The van der Waals surface area contributed by atoms with Crippen LogP contribution in [-0.4, -0.2) is 94.3 Å². The van der Waals surface area contributed by atoms with E-state index in [9.17, 15) is 19.2 Å². The number of hydrogen-bond donors (Lipinski definition) is 1. The van der Waals surface area contributed by atoms with Gasteiger partial charge in [-0.2, -0.15) is 0 Å². The van der Waals surface area contributed by atoms with Crippen LogP contribution in [0.15, 0.2) is 0 Å². The van der Waals surface area contributed by atoms with Gasteiger partial charge >= 0.3 is 0 Å². The second-order valence-electron chi connectivity index (χ2n) is 7.94. The summed E-state index contributed by atoms with van der Waals surface area (Å²) in [5.41, 5.74) is 0. The third-order valence-electron chi connectivity index (χ3n) is 4.93. The number of Topliss-reactive ketones (excluding diaryl/α,β-unsaturated/α-hetero) is 1. The van der Waals surface area contributed by atoms with Crippen molar-refractivity contribution in [2.24, 2.45) is 11.8 Å². The largest absolute Gasteiger partial charge is 0.379 e. The first-order valence-corrected chi connectivity index (χ1v) is 12.2. The molecular weight excluding hydrogens is 444 g/mol. The first kappa shape index (κ1) is 32.1. The van der Waals surface area contributed by atoms with Crippen LogP contribution in [0.25, 0.3) is 0 Å². The molecule has 10 heteroatoms. The summed E-state index contributed by atoms with van der Waals surface area (Å²) in [6.07, 6.45) is 0.746. The van der Waals surface area contributed by atoms with Crippen molar-refractivity contribution in [2.75, 3.05) is 65.9 Å². The second kappa shape index (κ2) is 20.5. The Hall–Kier alpha value is -1.88. The Kier molecular flexibility index (Phi) is 19.4. The Bertz CT molecular complexity index is 598. The van der Waals surface area contributed by atoms with Crippen LogP contribution in [0.4, 0.5) is 0 Å². The highest BCUT2D eigenvalue weighted by molar-refractivity contribution is 6.03. The van der Waals surface area contributed by atoms with Crippen LogP contribution in [0.2, 0.25) is 0 Å². The summed E-state index contributed by atoms with van der Waals surface area (Å²) in [5, 5.41) is 2.71. The van der Waals surface area contributed by atoms with E-state index >= 15 is 0 Å². The number of carbonyl (C=O) groups excluding carboxylic acids is 4. The molecule has 1 saturated heterocycles. The number of hydrogen-bond acceptors (Lipinski definition) is 8. The smallest absolute Gasteiger partial charge is 0.233 e. The number of rotatable bonds is 19. The lowest BCUT2D eigenvalue weighted by Gasteiger charge is -2.16. The number of carbonyl (C=O) groups is 4. The first-order valence-electron chi connectivity index (χ1n) is 12.2. The molecule has 0 aliphatic carbocycles. The van der Waals surface area contributed by atoms with E-state index in [0.717, 1.165) is 0 Å². The average Bonchev–Trinajstić information content (AvgIpc) is 3.09. The van der Waals surface area contributed by atoms with Gasteiger partial charge in [-0.15, -0.1) is 0 Å². The number of likely N-dealkylation sites (tertiary alicyclic amines) is 1. The zero-order chi connectivity index (χ0) is 25.8. The normalized spacial score (nSPS) is 15.5. The van der Waals surface area contributed by atoms with E-state index in [4.69, 9.17) is 18.9 Å². The molecule has 1 rings (SSSR count). The van der Waals surface area contributed by atoms with E-state index in [1.165, 1.54) is 11.8 Å². The van der Waals surface area contributed by atoms with Gasteiger partial charge in [-0.3, -0.25) is 24.1 Å². The molecule has 0 aromatic rings. The summed E-state index contributed by atoms with van der Waals surface area (Å²) in [6, 6.07) is 0. The molecule has 34 heavy (non-hydrogen) atoms. The number of ether oxygens (including phenoxy) is 4. The predicted molar refractivity (Wildman–Crippen MR) is 127 cm³/mol. The second-order valence-corrected chi connectivity index (χ2v) is 7.94. The van der Waals surface area contributed by atoms with Gasteiger partial charge in [0, 0.05) is 38.3 Å². The van der Waals surface area contributed by atoms with E-state index in [1.807, 2.05) is 27.7 Å². The van der Waals surface area contributed by atoms with Crippen LogP contribution in [0, 0.1) is 11.8 Å². The minimum absolute atomic E-state index is 0.0905. The van der Waals surface area contributed by atoms with Gasteiger partial charge in [0.15, 0.2) is 0 Å². The maximum absolute atomic E-state index is 12.2. The standard InChI is InChI=1S/C22H38N2O8.C2H6/c1-17(2)19-16-21(27)24(22(19)28)7-4-20(26)23-6-9-30-11-13-32-15-14-31-12-10-29-8-5-18(3)25;1-2/h17,19H,4-16H2,1-3H3,(H,23,26);1-2H3. The molecule has 0 aromatic carbocycles. The monoisotopic (exact) mass is 488 g/mol. The molecule has 1 heterocycles. The molecule has 1 atom stereocenters. The fourth-order valence-corrected chi connectivity index (χ4v) is 3.01. The molecule has 3 amide bonds. The molecule has 0 bridgehead atoms. The van der Waals surface area contributed by atoms with Gasteiger partial charge in [0.05, 0.1) is 52.9 Å². The molecule has 1 N–H and O–H groups in total. The van der Waals surface area contributed by atoms with Gasteiger partial charge in [0.1, 0.15) is 5.78 Å². The minimum Gasteiger partial charge on any atom is -0.379 e. The van der Waals surface area contributed by atoms with Crippen LogP contribution in [-0.2, 0) is 38.1 Å². The SMILES string of the molecule is CC.CC(=O)CCOCCOCCOCCOCCNC(=O)CCN1C(=O)CC(C(C)C)C1=O. The van der Waals surface area contributed by atoms with Crippen LogP contribution in [0.5, 0.6) is 0 Å². The minimum atomic E-state index is -0.273. The van der Waals surface area contributed by atoms with E-state index in [0.29, 0.717) is 65.8 Å². The fraction of sp³-hybridized carbons (Fsp3) is 0.833. The van der Waals surface area contributed by atoms with Gasteiger partial charge in [0.2, 0.25) is 17.7 Å². The lowest BCUT2D eigenvalue weighted by atomic mass is 9.94. The number of nitrogens with one attached hydrogen (secondary N) is 1. The van der Waals surface area contributed by atoms with Crippen LogP contribution < -0.4 is 5.32 Å². The van der Waals surface area contributed by atoms with Crippen molar-refractivity contribution in [3.8, 4) is 0 Å². The zero-order valence-corrected chi connectivity index (χ0v) is 21.6. The van der Waals surface area contributed by atoms with Crippen molar-refractivity contribution in [3.05, 3.63) is 0 Å². The fourth-order valence-electron chi connectivity index (χ4n) is 3.01. The molecule has 10 nitrogen and oxygen atoms in total. The number of imide groups is 1. The van der Waals surface area contributed by atoms with Gasteiger partial charge in [0.25, 0.3) is 0 Å². The lowest BCUT2D eigenvalue weighted by Crippen LogP contribution is -2.36. The Morgan fingerprint density at radius 1 is 0.882 bits per heavy atom. The van der Waals surface area contributed by atoms with E-state index in [-0.39, 0.29) is 54.7 Å². The Balaban J connectivity index is 0.00000529. The average molecular weight is 489 g/mol. The molecule has 0 saturated carbocycles. The summed E-state index contributed by atoms with van der Waals surface area (Å²) < 4.78 is 21.3. The van der Waals surface area contributed by atoms with Crippen molar-refractivity contribution in [1.82, 2.24) is 10.2 Å². The highest BCUT2D eigenvalue weighted by Crippen LogP contribution is 2.26. The van der Waals surface area contributed by atoms with Crippen molar-refractivity contribution < 1.29 is 38.1 Å². The summed E-state index contributed by atoms with van der Waals surface area (Å²) in [6.45, 7) is 13.2. The zero-order valence-electron chi connectivity index (χ0n) is 21.6. The summed E-state index contributed by atoms with van der Waals surface area (Å²) >= 11 is 0. The molecule has 198 valence electrons. The first-order chi connectivity index (χ1) is 16.3. The van der Waals surface area contributed by atoms with Gasteiger partial charge in [-0.1, -0.05) is 27.7 Å². The maximum Gasteiger partial charge on any atom is 0.233 e. The van der Waals surface area contributed by atoms with E-state index in [1.54, 1.807) is 0 Å². The summed E-state index contributed by atoms with van der Waals surface area (Å²) in [5.74, 6) is -0.650. The molecule has 1 unspecified atom stereocenters. The van der Waals surface area contributed by atoms with E-state index in [2.05, 4.69) is 5.32 Å². The van der Waals surface area contributed by atoms with Crippen molar-refractivity contribution in [3.63, 3.8) is 0 Å². The predicted octanol–water partition coefficient (Wildman–Crippen LogP) is 1.60. The van der Waals surface area contributed by atoms with Crippen molar-refractivity contribution in [2.45, 2.75) is 53.9 Å². The molecule has 0 spiro atoms. The third-order valence-corrected chi connectivity index (χ3v) is 4.93. The van der Waals surface area contributed by atoms with Gasteiger partial charge < -0.3 is 24.3 Å². The van der Waals surface area contributed by atoms with Crippen LogP contribution in [0.1, 0.15) is 53.9 Å². The summed E-state index contributed by atoms with van der Waals surface area (Å²) in [7, 11) is 0. The number of nitrogens with zero attached hydrogens (tertiary/aromatic N) is 1. The summed E-state index contributed by atoms with van der Waals surface area (Å²) in [4.78, 5) is 48.0. The Morgan fingerprint density at radius 2 is 1.38 bits per heavy atom. The van der Waals surface area contributed by atoms with Crippen LogP contribution >= 0.6 is 0 Å². The quantitative estimate of drug-likeness (QED) is 0.215. The molecule has 0 aromatic heterocycles. The van der Waals surface area contributed by atoms with Crippen molar-refractivity contribution >= 4 is 23.5 Å². The molecule has 1 fully saturated rings. The molecular formula is C24H44N2O8. The van der Waals surface area contributed by atoms with Crippen LogP contribution in [0.3, 0.4) is 0 Å². The van der Waals surface area contributed by atoms with Gasteiger partial charge in [-0.25, -0.2) is 0 Å². The highest BCUT2D eigenvalue weighted by atomic mass is 16.6. The number of ketones is 1.